The molecular formula is C25H30Cl3N3O4S. The highest BCUT2D eigenvalue weighted by atomic mass is 35.5. The number of sulfonamides is 1. The van der Waals surface area contributed by atoms with Crippen molar-refractivity contribution < 1.29 is 18.0 Å². The molecule has 0 aliphatic heterocycles. The van der Waals surface area contributed by atoms with Crippen LogP contribution in [0.1, 0.15) is 44.6 Å². The molecule has 0 heterocycles. The quantitative estimate of drug-likeness (QED) is 0.418. The second kappa shape index (κ2) is 12.5. The van der Waals surface area contributed by atoms with E-state index in [-0.39, 0.29) is 29.2 Å². The Morgan fingerprint density at radius 3 is 2.19 bits per heavy atom. The maximum Gasteiger partial charge on any atom is 0.244 e. The van der Waals surface area contributed by atoms with Crippen molar-refractivity contribution in [3.8, 4) is 0 Å². The number of halogens is 3. The van der Waals surface area contributed by atoms with E-state index in [2.05, 4.69) is 5.32 Å². The van der Waals surface area contributed by atoms with Crippen LogP contribution in [0.4, 0.5) is 5.69 Å². The van der Waals surface area contributed by atoms with Gasteiger partial charge in [-0.05, 0) is 55.2 Å². The lowest BCUT2D eigenvalue weighted by Gasteiger charge is -2.33. The van der Waals surface area contributed by atoms with E-state index in [4.69, 9.17) is 34.8 Å². The second-order valence-electron chi connectivity index (χ2n) is 8.93. The van der Waals surface area contributed by atoms with Crippen LogP contribution in [0.15, 0.2) is 42.5 Å². The summed E-state index contributed by atoms with van der Waals surface area (Å²) in [6.07, 6.45) is 5.28. The van der Waals surface area contributed by atoms with Gasteiger partial charge in [0.05, 0.1) is 17.0 Å². The summed E-state index contributed by atoms with van der Waals surface area (Å²) >= 11 is 18.3. The summed E-state index contributed by atoms with van der Waals surface area (Å²) in [5.74, 6) is -0.781. The van der Waals surface area contributed by atoms with Crippen LogP contribution >= 0.6 is 34.8 Å². The standard InChI is InChI=1S/C25H30Cl3N3O4S/c1-3-22(25(33)29-20-6-4-5-7-20)30(15-17-8-10-18(26)11-9-17)24(32)16-31(36(2,34)35)23-13-12-19(27)14-21(23)28/h8-14,20,22H,3-7,15-16H2,1-2H3,(H,29,33)/t22-/m1/s1. The van der Waals surface area contributed by atoms with Crippen molar-refractivity contribution >= 4 is 62.3 Å². The second-order valence-corrected chi connectivity index (χ2v) is 12.1. The minimum absolute atomic E-state index is 0.0828. The zero-order valence-corrected chi connectivity index (χ0v) is 23.3. The first-order chi connectivity index (χ1) is 17.0. The fourth-order valence-electron chi connectivity index (χ4n) is 4.35. The van der Waals surface area contributed by atoms with Crippen LogP contribution in [0.2, 0.25) is 15.1 Å². The Hall–Kier alpha value is -2.00. The Bertz CT molecular complexity index is 1190. The van der Waals surface area contributed by atoms with E-state index < -0.39 is 28.5 Å². The molecule has 2 aromatic carbocycles. The molecule has 1 atom stereocenters. The van der Waals surface area contributed by atoms with Gasteiger partial charge in [-0.1, -0.05) is 66.7 Å². The Balaban J connectivity index is 1.93. The molecule has 1 fully saturated rings. The van der Waals surface area contributed by atoms with Gasteiger partial charge in [0, 0.05) is 22.6 Å². The highest BCUT2D eigenvalue weighted by molar-refractivity contribution is 7.92. The van der Waals surface area contributed by atoms with Gasteiger partial charge in [-0.2, -0.15) is 0 Å². The van der Waals surface area contributed by atoms with Gasteiger partial charge in [-0.3, -0.25) is 13.9 Å². The van der Waals surface area contributed by atoms with Gasteiger partial charge < -0.3 is 10.2 Å². The van der Waals surface area contributed by atoms with Crippen molar-refractivity contribution in [2.24, 2.45) is 0 Å². The highest BCUT2D eigenvalue weighted by Gasteiger charge is 2.33. The predicted octanol–water partition coefficient (Wildman–Crippen LogP) is 5.28. The van der Waals surface area contributed by atoms with Gasteiger partial charge in [0.25, 0.3) is 0 Å². The van der Waals surface area contributed by atoms with E-state index in [1.54, 1.807) is 24.3 Å². The van der Waals surface area contributed by atoms with E-state index in [0.29, 0.717) is 16.5 Å². The van der Waals surface area contributed by atoms with Gasteiger partial charge in [0.15, 0.2) is 0 Å². The van der Waals surface area contributed by atoms with Gasteiger partial charge >= 0.3 is 0 Å². The Labute approximate surface area is 227 Å². The molecule has 1 aliphatic rings. The maximum atomic E-state index is 13.7. The number of hydrogen-bond acceptors (Lipinski definition) is 4. The highest BCUT2D eigenvalue weighted by Crippen LogP contribution is 2.30. The van der Waals surface area contributed by atoms with Gasteiger partial charge in [0.2, 0.25) is 21.8 Å². The molecule has 2 amide bonds. The number of nitrogens with zero attached hydrogens (tertiary/aromatic N) is 2. The lowest BCUT2D eigenvalue weighted by Crippen LogP contribution is -2.53. The smallest absolute Gasteiger partial charge is 0.244 e. The molecular weight excluding hydrogens is 545 g/mol. The van der Waals surface area contributed by atoms with Crippen LogP contribution in [0.3, 0.4) is 0 Å². The number of carbonyl (C=O) groups is 2. The first kappa shape index (κ1) is 28.6. The van der Waals surface area contributed by atoms with Gasteiger partial charge in [-0.25, -0.2) is 8.42 Å². The number of carbonyl (C=O) groups excluding carboxylic acids is 2. The number of rotatable bonds is 10. The Morgan fingerprint density at radius 1 is 1.03 bits per heavy atom. The summed E-state index contributed by atoms with van der Waals surface area (Å²) < 4.78 is 26.3. The minimum Gasteiger partial charge on any atom is -0.352 e. The number of anilines is 1. The van der Waals surface area contributed by atoms with Crippen LogP contribution < -0.4 is 9.62 Å². The van der Waals surface area contributed by atoms with Gasteiger partial charge in [-0.15, -0.1) is 0 Å². The number of nitrogens with one attached hydrogen (secondary N) is 1. The molecule has 2 aromatic rings. The molecule has 11 heteroatoms. The third-order valence-corrected chi connectivity index (χ3v) is 8.13. The monoisotopic (exact) mass is 573 g/mol. The van der Waals surface area contributed by atoms with Crippen molar-refractivity contribution in [3.63, 3.8) is 0 Å². The molecule has 0 saturated heterocycles. The zero-order chi connectivity index (χ0) is 26.5. The molecule has 1 aliphatic carbocycles. The number of benzene rings is 2. The van der Waals surface area contributed by atoms with Crippen LogP contribution in [0.25, 0.3) is 0 Å². The Kier molecular flexibility index (Phi) is 9.92. The Morgan fingerprint density at radius 2 is 1.64 bits per heavy atom. The van der Waals surface area contributed by atoms with Crippen molar-refractivity contribution in [2.75, 3.05) is 17.1 Å². The lowest BCUT2D eigenvalue weighted by molar-refractivity contribution is -0.140. The predicted molar refractivity (Wildman–Crippen MR) is 145 cm³/mol. The minimum atomic E-state index is -3.89. The number of amides is 2. The molecule has 0 unspecified atom stereocenters. The molecule has 0 radical (unpaired) electrons. The fraction of sp³-hybridized carbons (Fsp3) is 0.440. The lowest BCUT2D eigenvalue weighted by atomic mass is 10.1. The average Bonchev–Trinajstić information content (AvgIpc) is 3.31. The first-order valence-corrected chi connectivity index (χ1v) is 14.7. The van der Waals surface area contributed by atoms with E-state index >= 15 is 0 Å². The van der Waals surface area contributed by atoms with Crippen LogP contribution in [-0.4, -0.2) is 50.0 Å². The summed E-state index contributed by atoms with van der Waals surface area (Å²) in [6, 6.07) is 10.6. The summed E-state index contributed by atoms with van der Waals surface area (Å²) in [7, 11) is -3.89. The van der Waals surface area contributed by atoms with Crippen LogP contribution in [-0.2, 0) is 26.2 Å². The zero-order valence-electron chi connectivity index (χ0n) is 20.2. The molecule has 0 bridgehead atoms. The molecule has 1 saturated carbocycles. The summed E-state index contributed by atoms with van der Waals surface area (Å²) in [4.78, 5) is 28.4. The molecule has 3 rings (SSSR count). The van der Waals surface area contributed by atoms with Crippen LogP contribution in [0.5, 0.6) is 0 Å². The van der Waals surface area contributed by atoms with Crippen molar-refractivity contribution in [2.45, 2.75) is 57.7 Å². The maximum absolute atomic E-state index is 13.7. The van der Waals surface area contributed by atoms with E-state index in [0.717, 1.165) is 41.8 Å². The summed E-state index contributed by atoms with van der Waals surface area (Å²) in [5, 5.41) is 4.04. The summed E-state index contributed by atoms with van der Waals surface area (Å²) in [6.45, 7) is 1.41. The molecule has 7 nitrogen and oxygen atoms in total. The molecule has 196 valence electrons. The largest absolute Gasteiger partial charge is 0.352 e. The molecule has 1 N–H and O–H groups in total. The van der Waals surface area contributed by atoms with Gasteiger partial charge in [0.1, 0.15) is 12.6 Å². The summed E-state index contributed by atoms with van der Waals surface area (Å²) in [5.41, 5.74) is 0.891. The fourth-order valence-corrected chi connectivity index (χ4v) is 5.90. The van der Waals surface area contributed by atoms with E-state index in [1.165, 1.54) is 23.1 Å². The topological polar surface area (TPSA) is 86.8 Å². The van der Waals surface area contributed by atoms with Crippen molar-refractivity contribution in [1.82, 2.24) is 10.2 Å². The van der Waals surface area contributed by atoms with Crippen molar-refractivity contribution in [3.05, 3.63) is 63.1 Å². The number of hydrogen-bond donors (Lipinski definition) is 1. The molecule has 0 aromatic heterocycles. The van der Waals surface area contributed by atoms with E-state index in [9.17, 15) is 18.0 Å². The van der Waals surface area contributed by atoms with Crippen molar-refractivity contribution in [1.29, 1.82) is 0 Å². The third-order valence-electron chi connectivity index (χ3n) is 6.21. The molecule has 0 spiro atoms. The van der Waals surface area contributed by atoms with Crippen LogP contribution in [0, 0.1) is 0 Å². The third kappa shape index (κ3) is 7.51. The first-order valence-electron chi connectivity index (χ1n) is 11.8. The average molecular weight is 575 g/mol. The normalized spacial score (nSPS) is 14.9. The molecule has 36 heavy (non-hydrogen) atoms. The SMILES string of the molecule is CC[C@H](C(=O)NC1CCCC1)N(Cc1ccc(Cl)cc1)C(=O)CN(c1ccc(Cl)cc1Cl)S(C)(=O)=O. The van der Waals surface area contributed by atoms with E-state index in [1.807, 2.05) is 6.92 Å².